The second-order valence-electron chi connectivity index (χ2n) is 5.75. The zero-order valence-electron chi connectivity index (χ0n) is 13.4. The minimum absolute atomic E-state index is 0.124. The van der Waals surface area contributed by atoms with Gasteiger partial charge in [0.1, 0.15) is 9.76 Å². The van der Waals surface area contributed by atoms with Gasteiger partial charge in [-0.1, -0.05) is 23.7 Å². The summed E-state index contributed by atoms with van der Waals surface area (Å²) < 4.78 is 0.773. The van der Waals surface area contributed by atoms with Gasteiger partial charge in [-0.2, -0.15) is 0 Å². The lowest BCUT2D eigenvalue weighted by Gasteiger charge is -2.08. The van der Waals surface area contributed by atoms with E-state index >= 15 is 0 Å². The van der Waals surface area contributed by atoms with Crippen molar-refractivity contribution in [2.75, 3.05) is 5.32 Å². The number of pyridine rings is 2. The second-order valence-corrected chi connectivity index (χ2v) is 6.95. The Morgan fingerprint density at radius 3 is 2.62 bits per heavy atom. The fraction of sp³-hybridized carbons (Fsp3) is 0.0526. The summed E-state index contributed by atoms with van der Waals surface area (Å²) in [6.07, 6.45) is 3.55. The molecule has 2 aromatic heterocycles. The Kier molecular flexibility index (Phi) is 4.53. The summed E-state index contributed by atoms with van der Waals surface area (Å²) >= 11 is 9.30. The number of halogens is 2. The van der Waals surface area contributed by atoms with Gasteiger partial charge in [-0.05, 0) is 51.8 Å². The lowest BCUT2D eigenvalue weighted by molar-refractivity contribution is -0.115. The van der Waals surface area contributed by atoms with Gasteiger partial charge in [0.05, 0.1) is 23.5 Å². The summed E-state index contributed by atoms with van der Waals surface area (Å²) in [5, 5.41) is 3.30. The predicted molar refractivity (Wildman–Crippen MR) is 106 cm³/mol. The molecule has 5 nitrogen and oxygen atoms in total. The first-order valence-electron chi connectivity index (χ1n) is 7.84. The molecular weight excluding hydrogens is 416 g/mol. The van der Waals surface area contributed by atoms with Gasteiger partial charge in [-0.3, -0.25) is 9.79 Å². The molecule has 0 saturated carbocycles. The van der Waals surface area contributed by atoms with Crippen molar-refractivity contribution in [3.05, 3.63) is 70.2 Å². The molecular formula is C19H12BrClN4O. The summed E-state index contributed by atoms with van der Waals surface area (Å²) in [6, 6.07) is 13.1. The lowest BCUT2D eigenvalue weighted by Crippen LogP contribution is -2.15. The Morgan fingerprint density at radius 2 is 1.85 bits per heavy atom. The number of anilines is 1. The maximum atomic E-state index is 12.3. The van der Waals surface area contributed by atoms with Gasteiger partial charge in [-0.15, -0.1) is 0 Å². The number of nitrogens with one attached hydrogen (secondary N) is 1. The number of aliphatic imine (C=N–C) groups is 1. The van der Waals surface area contributed by atoms with Gasteiger partial charge < -0.3 is 5.32 Å². The third-order valence-corrected chi connectivity index (χ3v) is 4.65. The number of carbonyl (C=O) groups excluding carboxylic acids is 1. The molecule has 0 fully saturated rings. The Bertz CT molecular complexity index is 1030. The molecule has 26 heavy (non-hydrogen) atoms. The third-order valence-electron chi connectivity index (χ3n) is 3.97. The first-order valence-corrected chi connectivity index (χ1v) is 9.01. The summed E-state index contributed by atoms with van der Waals surface area (Å²) in [7, 11) is 0. The van der Waals surface area contributed by atoms with Gasteiger partial charge in [0, 0.05) is 23.5 Å². The minimum atomic E-state index is -0.124. The molecule has 1 aliphatic heterocycles. The molecule has 128 valence electrons. The zero-order chi connectivity index (χ0) is 18.1. The highest BCUT2D eigenvalue weighted by Crippen LogP contribution is 2.33. The molecule has 0 atom stereocenters. The van der Waals surface area contributed by atoms with Crippen molar-refractivity contribution in [2.24, 2.45) is 4.99 Å². The first-order chi connectivity index (χ1) is 12.6. The zero-order valence-corrected chi connectivity index (χ0v) is 15.8. The number of rotatable bonds is 2. The van der Waals surface area contributed by atoms with Gasteiger partial charge in [0.2, 0.25) is 5.91 Å². The molecule has 0 bridgehead atoms. The summed E-state index contributed by atoms with van der Waals surface area (Å²) in [4.78, 5) is 25.2. The molecule has 0 unspecified atom stereocenters. The van der Waals surface area contributed by atoms with Crippen LogP contribution in [-0.4, -0.2) is 21.6 Å². The molecule has 7 heteroatoms. The monoisotopic (exact) mass is 426 g/mol. The number of hydrogen-bond acceptors (Lipinski definition) is 4. The van der Waals surface area contributed by atoms with Crippen molar-refractivity contribution >= 4 is 50.5 Å². The lowest BCUT2D eigenvalue weighted by atomic mass is 10.1. The van der Waals surface area contributed by atoms with Crippen molar-refractivity contribution in [1.29, 1.82) is 0 Å². The smallest absolute Gasteiger partial charge is 0.230 e. The molecule has 1 N–H and O–H groups in total. The molecule has 0 aliphatic carbocycles. The average Bonchev–Trinajstić information content (AvgIpc) is 2.79. The van der Waals surface area contributed by atoms with E-state index in [2.05, 4.69) is 36.2 Å². The Balaban J connectivity index is 1.77. The predicted octanol–water partition coefficient (Wildman–Crippen LogP) is 5.02. The maximum absolute atomic E-state index is 12.3. The number of amides is 1. The average molecular weight is 428 g/mol. The first kappa shape index (κ1) is 16.9. The molecule has 1 aromatic carbocycles. The van der Waals surface area contributed by atoms with Gasteiger partial charge >= 0.3 is 0 Å². The Morgan fingerprint density at radius 1 is 1.00 bits per heavy atom. The number of nitrogens with zero attached hydrogens (tertiary/aromatic N) is 3. The van der Waals surface area contributed by atoms with Crippen molar-refractivity contribution < 1.29 is 4.79 Å². The fourth-order valence-electron chi connectivity index (χ4n) is 2.74. The molecule has 0 saturated heterocycles. The highest BCUT2D eigenvalue weighted by atomic mass is 79.9. The topological polar surface area (TPSA) is 67.2 Å². The van der Waals surface area contributed by atoms with E-state index in [1.165, 1.54) is 0 Å². The molecule has 1 amide bonds. The Hall–Kier alpha value is -2.57. The molecule has 1 aliphatic rings. The number of benzene rings is 1. The standard InChI is InChI=1S/C19H12BrClN4O/c20-17-4-2-13(10-23-17)11-1-3-14-16(7-11)25-19(26)9-15(24-14)12-5-6-22-18(21)8-12/h1-8,10H,9H2,(H,25,26). The maximum Gasteiger partial charge on any atom is 0.230 e. The van der Waals surface area contributed by atoms with Crippen LogP contribution in [0.1, 0.15) is 12.0 Å². The van der Waals surface area contributed by atoms with E-state index in [1.807, 2.05) is 30.3 Å². The van der Waals surface area contributed by atoms with E-state index in [9.17, 15) is 4.79 Å². The highest BCUT2D eigenvalue weighted by Gasteiger charge is 2.18. The summed E-state index contributed by atoms with van der Waals surface area (Å²) in [6.45, 7) is 0. The van der Waals surface area contributed by atoms with Crippen LogP contribution >= 0.6 is 27.5 Å². The van der Waals surface area contributed by atoms with Crippen LogP contribution < -0.4 is 5.32 Å². The SMILES string of the molecule is O=C1CC(c2ccnc(Cl)c2)=Nc2ccc(-c3ccc(Br)nc3)cc2N1. The van der Waals surface area contributed by atoms with E-state index in [1.54, 1.807) is 24.5 Å². The van der Waals surface area contributed by atoms with Gasteiger partial charge in [0.25, 0.3) is 0 Å². The van der Waals surface area contributed by atoms with Gasteiger partial charge in [0.15, 0.2) is 0 Å². The van der Waals surface area contributed by atoms with Crippen LogP contribution in [0.25, 0.3) is 11.1 Å². The van der Waals surface area contributed by atoms with E-state index in [4.69, 9.17) is 11.6 Å². The van der Waals surface area contributed by atoms with E-state index < -0.39 is 0 Å². The van der Waals surface area contributed by atoms with E-state index in [0.29, 0.717) is 22.2 Å². The summed E-state index contributed by atoms with van der Waals surface area (Å²) in [5.41, 5.74) is 4.73. The number of carbonyl (C=O) groups is 1. The normalized spacial score (nSPS) is 13.5. The van der Waals surface area contributed by atoms with Crippen molar-refractivity contribution in [2.45, 2.75) is 6.42 Å². The van der Waals surface area contributed by atoms with Crippen molar-refractivity contribution in [3.63, 3.8) is 0 Å². The molecule has 0 spiro atoms. The third kappa shape index (κ3) is 3.52. The molecule has 4 rings (SSSR count). The van der Waals surface area contributed by atoms with Crippen LogP contribution in [-0.2, 0) is 4.79 Å². The fourth-order valence-corrected chi connectivity index (χ4v) is 3.15. The van der Waals surface area contributed by atoms with E-state index in [0.717, 1.165) is 21.3 Å². The Labute approximate surface area is 163 Å². The number of aromatic nitrogens is 2. The van der Waals surface area contributed by atoms with Crippen molar-refractivity contribution in [1.82, 2.24) is 9.97 Å². The van der Waals surface area contributed by atoms with Crippen LogP contribution in [0, 0.1) is 0 Å². The van der Waals surface area contributed by atoms with Crippen LogP contribution in [0.3, 0.4) is 0 Å². The van der Waals surface area contributed by atoms with Gasteiger partial charge in [-0.25, -0.2) is 9.97 Å². The largest absolute Gasteiger partial charge is 0.324 e. The number of hydrogen-bond donors (Lipinski definition) is 1. The quantitative estimate of drug-likeness (QED) is 0.584. The summed E-state index contributed by atoms with van der Waals surface area (Å²) in [5.74, 6) is -0.124. The van der Waals surface area contributed by atoms with Crippen molar-refractivity contribution in [3.8, 4) is 11.1 Å². The molecule has 3 aromatic rings. The van der Waals surface area contributed by atoms with Crippen LogP contribution in [0.4, 0.5) is 11.4 Å². The molecule has 0 radical (unpaired) electrons. The minimum Gasteiger partial charge on any atom is -0.324 e. The second kappa shape index (κ2) is 6.97. The van der Waals surface area contributed by atoms with Crippen LogP contribution in [0.2, 0.25) is 5.15 Å². The number of fused-ring (bicyclic) bond motifs is 1. The van der Waals surface area contributed by atoms with E-state index in [-0.39, 0.29) is 12.3 Å². The molecule has 3 heterocycles. The van der Waals surface area contributed by atoms with Crippen LogP contribution in [0.5, 0.6) is 0 Å². The van der Waals surface area contributed by atoms with Crippen LogP contribution in [0.15, 0.2) is 64.5 Å². The highest BCUT2D eigenvalue weighted by molar-refractivity contribution is 9.10.